The summed E-state index contributed by atoms with van der Waals surface area (Å²) in [5.74, 6) is 0.575. The van der Waals surface area contributed by atoms with Gasteiger partial charge in [0, 0.05) is 5.92 Å². The first kappa shape index (κ1) is 11.9. The number of nitrogens with zero attached hydrogens (tertiary/aromatic N) is 1. The molecule has 2 fully saturated rings. The predicted molar refractivity (Wildman–Crippen MR) is 73.1 cm³/mol. The third-order valence-corrected chi connectivity index (χ3v) is 5.17. The Kier molecular flexibility index (Phi) is 2.43. The lowest BCUT2D eigenvalue weighted by Gasteiger charge is -2.50. The number of fused-ring (bicyclic) bond motifs is 4. The number of hydrogen-bond acceptors (Lipinski definition) is 4. The quantitative estimate of drug-likeness (QED) is 0.776. The predicted octanol–water partition coefficient (Wildman–Crippen LogP) is 2.38. The summed E-state index contributed by atoms with van der Waals surface area (Å²) in [6, 6.07) is 10.0. The van der Waals surface area contributed by atoms with Gasteiger partial charge in [0.25, 0.3) is 0 Å². The van der Waals surface area contributed by atoms with Crippen molar-refractivity contribution >= 4 is 11.7 Å². The highest BCUT2D eigenvalue weighted by Crippen LogP contribution is 2.63. The van der Waals surface area contributed by atoms with E-state index in [0.717, 1.165) is 30.5 Å². The SMILES string of the molecule is COC(=O)[C@]12ON=C(c3ccccc3)[C@H]1[C@@H]1CCC[C@@H]12. The van der Waals surface area contributed by atoms with Crippen LogP contribution in [-0.2, 0) is 14.4 Å². The monoisotopic (exact) mass is 271 g/mol. The fourth-order valence-electron chi connectivity index (χ4n) is 4.38. The summed E-state index contributed by atoms with van der Waals surface area (Å²) in [7, 11) is 1.43. The number of ether oxygens (including phenoxy) is 1. The smallest absolute Gasteiger partial charge is 0.354 e. The van der Waals surface area contributed by atoms with Crippen LogP contribution < -0.4 is 0 Å². The van der Waals surface area contributed by atoms with Crippen LogP contribution in [0, 0.1) is 17.8 Å². The van der Waals surface area contributed by atoms with E-state index in [2.05, 4.69) is 5.16 Å². The van der Waals surface area contributed by atoms with Crippen molar-refractivity contribution in [3.05, 3.63) is 35.9 Å². The lowest BCUT2D eigenvalue weighted by molar-refractivity contribution is -0.210. The molecule has 1 aliphatic heterocycles. The summed E-state index contributed by atoms with van der Waals surface area (Å²) in [5.41, 5.74) is 1.12. The zero-order chi connectivity index (χ0) is 13.7. The van der Waals surface area contributed by atoms with Crippen LogP contribution in [0.3, 0.4) is 0 Å². The van der Waals surface area contributed by atoms with E-state index in [-0.39, 0.29) is 17.8 Å². The molecule has 3 aliphatic rings. The number of oxime groups is 1. The van der Waals surface area contributed by atoms with Gasteiger partial charge in [0.1, 0.15) is 0 Å². The van der Waals surface area contributed by atoms with E-state index in [1.807, 2.05) is 30.3 Å². The van der Waals surface area contributed by atoms with E-state index in [0.29, 0.717) is 5.92 Å². The van der Waals surface area contributed by atoms with Crippen molar-refractivity contribution in [2.45, 2.75) is 24.9 Å². The lowest BCUT2D eigenvalue weighted by atomic mass is 9.53. The zero-order valence-corrected chi connectivity index (χ0v) is 11.4. The Balaban J connectivity index is 1.75. The molecule has 0 amide bonds. The molecular weight excluding hydrogens is 254 g/mol. The van der Waals surface area contributed by atoms with Gasteiger partial charge in [-0.05, 0) is 24.3 Å². The first-order valence-corrected chi connectivity index (χ1v) is 7.19. The minimum atomic E-state index is -0.846. The van der Waals surface area contributed by atoms with Crippen molar-refractivity contribution < 1.29 is 14.4 Å². The molecule has 4 nitrogen and oxygen atoms in total. The Labute approximate surface area is 117 Å². The number of rotatable bonds is 2. The van der Waals surface area contributed by atoms with Crippen LogP contribution in [0.5, 0.6) is 0 Å². The molecule has 0 bridgehead atoms. The minimum Gasteiger partial charge on any atom is -0.466 e. The van der Waals surface area contributed by atoms with Crippen LogP contribution in [0.4, 0.5) is 0 Å². The van der Waals surface area contributed by atoms with Crippen molar-refractivity contribution in [3.63, 3.8) is 0 Å². The second-order valence-corrected chi connectivity index (χ2v) is 5.90. The van der Waals surface area contributed by atoms with Crippen LogP contribution in [0.25, 0.3) is 0 Å². The minimum absolute atomic E-state index is 0.0600. The maximum atomic E-state index is 12.3. The summed E-state index contributed by atoms with van der Waals surface area (Å²) in [6.07, 6.45) is 3.35. The molecule has 0 aromatic heterocycles. The topological polar surface area (TPSA) is 47.9 Å². The fourth-order valence-corrected chi connectivity index (χ4v) is 4.38. The van der Waals surface area contributed by atoms with Gasteiger partial charge in [-0.25, -0.2) is 4.79 Å². The van der Waals surface area contributed by atoms with E-state index >= 15 is 0 Å². The van der Waals surface area contributed by atoms with Crippen LogP contribution in [-0.4, -0.2) is 24.4 Å². The Morgan fingerprint density at radius 3 is 2.90 bits per heavy atom. The molecule has 0 unspecified atom stereocenters. The Morgan fingerprint density at radius 2 is 2.15 bits per heavy atom. The summed E-state index contributed by atoms with van der Waals surface area (Å²) < 4.78 is 5.01. The Bertz CT molecular complexity index is 583. The van der Waals surface area contributed by atoms with Gasteiger partial charge in [0.05, 0.1) is 18.7 Å². The van der Waals surface area contributed by atoms with Gasteiger partial charge in [-0.15, -0.1) is 0 Å². The molecule has 0 N–H and O–H groups in total. The number of hydrogen-bond donors (Lipinski definition) is 0. The second kappa shape index (κ2) is 4.08. The highest BCUT2D eigenvalue weighted by molar-refractivity contribution is 6.08. The van der Waals surface area contributed by atoms with Gasteiger partial charge in [-0.2, -0.15) is 0 Å². The van der Waals surface area contributed by atoms with Gasteiger partial charge < -0.3 is 9.57 Å². The molecule has 4 atom stereocenters. The van der Waals surface area contributed by atoms with Gasteiger partial charge in [-0.3, -0.25) is 0 Å². The van der Waals surface area contributed by atoms with E-state index in [1.165, 1.54) is 7.11 Å². The number of esters is 1. The molecule has 2 saturated carbocycles. The van der Waals surface area contributed by atoms with Crippen LogP contribution >= 0.6 is 0 Å². The largest absolute Gasteiger partial charge is 0.466 e. The summed E-state index contributed by atoms with van der Waals surface area (Å²) in [6.45, 7) is 0. The van der Waals surface area contributed by atoms with E-state index in [9.17, 15) is 4.79 Å². The summed E-state index contributed by atoms with van der Waals surface area (Å²) >= 11 is 0. The average Bonchev–Trinajstić information content (AvgIpc) is 3.05. The average molecular weight is 271 g/mol. The maximum Gasteiger partial charge on any atom is 0.354 e. The van der Waals surface area contributed by atoms with Crippen LogP contribution in [0.15, 0.2) is 35.5 Å². The number of carbonyl (C=O) groups excluding carboxylic acids is 1. The Morgan fingerprint density at radius 1 is 1.35 bits per heavy atom. The molecule has 0 saturated heterocycles. The van der Waals surface area contributed by atoms with Crippen LogP contribution in [0.2, 0.25) is 0 Å². The zero-order valence-electron chi connectivity index (χ0n) is 11.4. The number of benzene rings is 1. The van der Waals surface area contributed by atoms with E-state index in [4.69, 9.17) is 9.57 Å². The van der Waals surface area contributed by atoms with Gasteiger partial charge in [0.15, 0.2) is 0 Å². The molecular formula is C16H17NO3. The Hall–Kier alpha value is -1.84. The fraction of sp³-hybridized carbons (Fsp3) is 0.500. The van der Waals surface area contributed by atoms with Gasteiger partial charge in [0.2, 0.25) is 5.60 Å². The highest BCUT2D eigenvalue weighted by atomic mass is 16.7. The van der Waals surface area contributed by atoms with Gasteiger partial charge >= 0.3 is 5.97 Å². The van der Waals surface area contributed by atoms with Crippen molar-refractivity contribution in [2.24, 2.45) is 22.9 Å². The van der Waals surface area contributed by atoms with Crippen molar-refractivity contribution in [3.8, 4) is 0 Å². The van der Waals surface area contributed by atoms with Crippen LogP contribution in [0.1, 0.15) is 24.8 Å². The lowest BCUT2D eigenvalue weighted by Crippen LogP contribution is -2.66. The molecule has 0 spiro atoms. The van der Waals surface area contributed by atoms with Crippen molar-refractivity contribution in [1.82, 2.24) is 0 Å². The number of methoxy groups -OCH3 is 1. The standard InChI is InChI=1S/C16H17NO3/c1-19-15(18)16-12-9-5-8-11(12)13(16)14(17-20-16)10-6-3-2-4-7-10/h2-4,6-7,11-13H,5,8-9H2,1H3/t11-,12+,13-,16-/m1/s1. The van der Waals surface area contributed by atoms with Gasteiger partial charge in [-0.1, -0.05) is 41.9 Å². The second-order valence-electron chi connectivity index (χ2n) is 5.90. The molecule has 1 heterocycles. The molecule has 1 aromatic carbocycles. The molecule has 1 aromatic rings. The highest BCUT2D eigenvalue weighted by Gasteiger charge is 2.74. The third-order valence-electron chi connectivity index (χ3n) is 5.17. The molecule has 4 heteroatoms. The summed E-state index contributed by atoms with van der Waals surface area (Å²) in [5, 5.41) is 4.27. The van der Waals surface area contributed by atoms with Crippen molar-refractivity contribution in [1.29, 1.82) is 0 Å². The molecule has 20 heavy (non-hydrogen) atoms. The summed E-state index contributed by atoms with van der Waals surface area (Å²) in [4.78, 5) is 18.0. The molecule has 104 valence electrons. The van der Waals surface area contributed by atoms with Crippen molar-refractivity contribution in [2.75, 3.05) is 7.11 Å². The van der Waals surface area contributed by atoms with E-state index in [1.54, 1.807) is 0 Å². The molecule has 0 radical (unpaired) electrons. The third kappa shape index (κ3) is 1.27. The first-order chi connectivity index (χ1) is 9.79. The molecule has 4 rings (SSSR count). The maximum absolute atomic E-state index is 12.3. The number of carbonyl (C=O) groups is 1. The van der Waals surface area contributed by atoms with E-state index < -0.39 is 5.60 Å². The normalized spacial score (nSPS) is 37.2. The first-order valence-electron chi connectivity index (χ1n) is 7.19. The molecule has 2 aliphatic carbocycles.